The standard InChI is InChI=1S/C20H25NO3/c1-14-7-6-10-18(15(14)2)21-20(22)19-12-11-17(24-19)13-23-16-8-4-3-5-9-16/h3-5,8-9,11-12,14-15,18H,6-7,10,13H2,1-2H3,(H,21,22)/t14-,15+,18-/m1/s1. The van der Waals surface area contributed by atoms with Crippen LogP contribution in [0, 0.1) is 11.8 Å². The Labute approximate surface area is 143 Å². The van der Waals surface area contributed by atoms with Crippen molar-refractivity contribution in [2.24, 2.45) is 11.8 Å². The van der Waals surface area contributed by atoms with Crippen LogP contribution in [0.25, 0.3) is 0 Å². The van der Waals surface area contributed by atoms with E-state index in [1.54, 1.807) is 12.1 Å². The van der Waals surface area contributed by atoms with Crippen LogP contribution >= 0.6 is 0 Å². The van der Waals surface area contributed by atoms with Gasteiger partial charge in [0.15, 0.2) is 5.76 Å². The van der Waals surface area contributed by atoms with Crippen molar-refractivity contribution in [3.63, 3.8) is 0 Å². The summed E-state index contributed by atoms with van der Waals surface area (Å²) in [5.41, 5.74) is 0. The van der Waals surface area contributed by atoms with Crippen LogP contribution in [0.2, 0.25) is 0 Å². The predicted molar refractivity (Wildman–Crippen MR) is 92.9 cm³/mol. The van der Waals surface area contributed by atoms with Crippen LogP contribution in [0.3, 0.4) is 0 Å². The molecular formula is C20H25NO3. The lowest BCUT2D eigenvalue weighted by Gasteiger charge is -2.34. The van der Waals surface area contributed by atoms with Gasteiger partial charge >= 0.3 is 0 Å². The first-order chi connectivity index (χ1) is 11.6. The van der Waals surface area contributed by atoms with Crippen molar-refractivity contribution in [3.05, 3.63) is 54.0 Å². The highest BCUT2D eigenvalue weighted by molar-refractivity contribution is 5.91. The topological polar surface area (TPSA) is 51.5 Å². The van der Waals surface area contributed by atoms with Crippen LogP contribution in [-0.4, -0.2) is 11.9 Å². The zero-order chi connectivity index (χ0) is 16.9. The van der Waals surface area contributed by atoms with Gasteiger partial charge in [0.1, 0.15) is 18.1 Å². The van der Waals surface area contributed by atoms with Crippen molar-refractivity contribution in [1.82, 2.24) is 5.32 Å². The maximum atomic E-state index is 12.4. The summed E-state index contributed by atoms with van der Waals surface area (Å²) in [6.07, 6.45) is 3.46. The van der Waals surface area contributed by atoms with Gasteiger partial charge in [-0.3, -0.25) is 4.79 Å². The molecule has 1 aromatic carbocycles. The normalized spacial score (nSPS) is 23.7. The fourth-order valence-corrected chi connectivity index (χ4v) is 3.27. The highest BCUT2D eigenvalue weighted by Crippen LogP contribution is 2.29. The maximum Gasteiger partial charge on any atom is 0.287 e. The van der Waals surface area contributed by atoms with E-state index in [1.807, 2.05) is 30.3 Å². The van der Waals surface area contributed by atoms with E-state index in [1.165, 1.54) is 12.8 Å². The lowest BCUT2D eigenvalue weighted by Crippen LogP contribution is -2.43. The van der Waals surface area contributed by atoms with Gasteiger partial charge in [0.2, 0.25) is 0 Å². The highest BCUT2D eigenvalue weighted by atomic mass is 16.5. The van der Waals surface area contributed by atoms with E-state index >= 15 is 0 Å². The summed E-state index contributed by atoms with van der Waals surface area (Å²) in [5, 5.41) is 3.13. The van der Waals surface area contributed by atoms with Gasteiger partial charge in [-0.05, 0) is 42.5 Å². The molecule has 1 N–H and O–H groups in total. The molecule has 0 unspecified atom stereocenters. The van der Waals surface area contributed by atoms with Crippen molar-refractivity contribution < 1.29 is 13.9 Å². The molecule has 0 aliphatic heterocycles. The zero-order valence-corrected chi connectivity index (χ0v) is 14.3. The summed E-state index contributed by atoms with van der Waals surface area (Å²) in [6.45, 7) is 4.79. The SMILES string of the molecule is C[C@H]1[C@H](C)CCC[C@H]1NC(=O)c1ccc(COc2ccccc2)o1. The van der Waals surface area contributed by atoms with Crippen LogP contribution in [0.4, 0.5) is 0 Å². The number of para-hydroxylation sites is 1. The molecule has 1 heterocycles. The molecule has 0 saturated heterocycles. The smallest absolute Gasteiger partial charge is 0.287 e. The van der Waals surface area contributed by atoms with E-state index in [0.29, 0.717) is 30.0 Å². The average Bonchev–Trinajstić information content (AvgIpc) is 3.07. The Kier molecular flexibility index (Phi) is 5.24. The summed E-state index contributed by atoms with van der Waals surface area (Å²) in [5.74, 6) is 2.80. The third-order valence-corrected chi connectivity index (χ3v) is 5.03. The van der Waals surface area contributed by atoms with Gasteiger partial charge in [0.05, 0.1) is 0 Å². The Hall–Kier alpha value is -2.23. The molecule has 2 aromatic rings. The van der Waals surface area contributed by atoms with Gasteiger partial charge < -0.3 is 14.5 Å². The number of carbonyl (C=O) groups is 1. The van der Waals surface area contributed by atoms with Gasteiger partial charge in [-0.2, -0.15) is 0 Å². The van der Waals surface area contributed by atoms with Crippen LogP contribution < -0.4 is 10.1 Å². The predicted octanol–water partition coefficient (Wildman–Crippen LogP) is 4.41. The lowest BCUT2D eigenvalue weighted by molar-refractivity contribution is 0.0859. The second-order valence-electron chi connectivity index (χ2n) is 6.71. The van der Waals surface area contributed by atoms with Crippen molar-refractivity contribution >= 4 is 5.91 Å². The monoisotopic (exact) mass is 327 g/mol. The molecule has 4 heteroatoms. The number of benzene rings is 1. The first-order valence-corrected chi connectivity index (χ1v) is 8.71. The van der Waals surface area contributed by atoms with E-state index in [2.05, 4.69) is 19.2 Å². The van der Waals surface area contributed by atoms with Crippen molar-refractivity contribution in [1.29, 1.82) is 0 Å². The lowest BCUT2D eigenvalue weighted by atomic mass is 9.78. The number of rotatable bonds is 5. The molecular weight excluding hydrogens is 302 g/mol. The van der Waals surface area contributed by atoms with E-state index < -0.39 is 0 Å². The number of carbonyl (C=O) groups excluding carboxylic acids is 1. The van der Waals surface area contributed by atoms with Gasteiger partial charge in [-0.15, -0.1) is 0 Å². The molecule has 3 atom stereocenters. The average molecular weight is 327 g/mol. The summed E-state index contributed by atoms with van der Waals surface area (Å²) < 4.78 is 11.3. The molecule has 0 spiro atoms. The Balaban J connectivity index is 1.55. The van der Waals surface area contributed by atoms with Crippen LogP contribution in [0.15, 0.2) is 46.9 Å². The van der Waals surface area contributed by atoms with E-state index in [4.69, 9.17) is 9.15 Å². The van der Waals surface area contributed by atoms with Crippen LogP contribution in [0.5, 0.6) is 5.75 Å². The molecule has 1 saturated carbocycles. The van der Waals surface area contributed by atoms with Gasteiger partial charge in [-0.25, -0.2) is 0 Å². The first-order valence-electron chi connectivity index (χ1n) is 8.71. The minimum atomic E-state index is -0.132. The number of nitrogens with one attached hydrogen (secondary N) is 1. The van der Waals surface area contributed by atoms with Crippen molar-refractivity contribution in [2.45, 2.75) is 45.8 Å². The minimum Gasteiger partial charge on any atom is -0.486 e. The molecule has 128 valence electrons. The number of furan rings is 1. The quantitative estimate of drug-likeness (QED) is 0.885. The second kappa shape index (κ2) is 7.56. The highest BCUT2D eigenvalue weighted by Gasteiger charge is 2.29. The van der Waals surface area contributed by atoms with Gasteiger partial charge in [-0.1, -0.05) is 44.9 Å². The summed E-state index contributed by atoms with van der Waals surface area (Å²) >= 11 is 0. The molecule has 1 aromatic heterocycles. The van der Waals surface area contributed by atoms with Gasteiger partial charge in [0.25, 0.3) is 5.91 Å². The Morgan fingerprint density at radius 1 is 1.17 bits per heavy atom. The fourth-order valence-electron chi connectivity index (χ4n) is 3.27. The van der Waals surface area contributed by atoms with Crippen molar-refractivity contribution in [2.75, 3.05) is 0 Å². The van der Waals surface area contributed by atoms with E-state index in [-0.39, 0.29) is 11.9 Å². The van der Waals surface area contributed by atoms with E-state index in [9.17, 15) is 4.79 Å². The third kappa shape index (κ3) is 3.99. The maximum absolute atomic E-state index is 12.4. The van der Waals surface area contributed by atoms with Crippen molar-refractivity contribution in [3.8, 4) is 5.75 Å². The number of ether oxygens (including phenoxy) is 1. The zero-order valence-electron chi connectivity index (χ0n) is 14.3. The molecule has 1 aliphatic rings. The molecule has 0 radical (unpaired) electrons. The number of hydrogen-bond donors (Lipinski definition) is 1. The number of hydrogen-bond acceptors (Lipinski definition) is 3. The minimum absolute atomic E-state index is 0.132. The second-order valence-corrected chi connectivity index (χ2v) is 6.71. The van der Waals surface area contributed by atoms with Crippen LogP contribution in [-0.2, 0) is 6.61 Å². The fraction of sp³-hybridized carbons (Fsp3) is 0.450. The molecule has 1 aliphatic carbocycles. The largest absolute Gasteiger partial charge is 0.486 e. The Bertz CT molecular complexity index is 665. The van der Waals surface area contributed by atoms with E-state index in [0.717, 1.165) is 12.2 Å². The Morgan fingerprint density at radius 3 is 2.75 bits per heavy atom. The molecule has 1 fully saturated rings. The van der Waals surface area contributed by atoms with Gasteiger partial charge in [0, 0.05) is 6.04 Å². The molecule has 3 rings (SSSR count). The molecule has 1 amide bonds. The summed E-state index contributed by atoms with van der Waals surface area (Å²) in [4.78, 5) is 12.4. The summed E-state index contributed by atoms with van der Waals surface area (Å²) in [7, 11) is 0. The first kappa shape index (κ1) is 16.6. The Morgan fingerprint density at radius 2 is 1.96 bits per heavy atom. The van der Waals surface area contributed by atoms with Crippen LogP contribution in [0.1, 0.15) is 49.4 Å². The molecule has 4 nitrogen and oxygen atoms in total. The molecule has 0 bridgehead atoms. The number of amides is 1. The third-order valence-electron chi connectivity index (χ3n) is 5.03. The summed E-state index contributed by atoms with van der Waals surface area (Å²) in [6, 6.07) is 13.3. The molecule has 24 heavy (non-hydrogen) atoms.